The first-order valence-corrected chi connectivity index (χ1v) is 7.82. The number of thiophene rings is 1. The summed E-state index contributed by atoms with van der Waals surface area (Å²) in [5, 5.41) is 26.0. The molecule has 1 N–H and O–H groups in total. The van der Waals surface area contributed by atoms with Gasteiger partial charge >= 0.3 is 5.66 Å². The molecule has 0 amide bonds. The second-order valence-electron chi connectivity index (χ2n) is 5.39. The lowest BCUT2D eigenvalue weighted by Crippen LogP contribution is -2.54. The lowest BCUT2D eigenvalue weighted by atomic mass is 10.00. The molecule has 2 aromatic rings. The molecule has 1 aliphatic rings. The van der Waals surface area contributed by atoms with Crippen molar-refractivity contribution in [2.45, 2.75) is 25.6 Å². The van der Waals surface area contributed by atoms with Crippen LogP contribution in [0.4, 0.5) is 0 Å². The molecular weight excluding hydrogens is 300 g/mol. The Morgan fingerprint density at radius 1 is 1.32 bits per heavy atom. The van der Waals surface area contributed by atoms with Crippen LogP contribution in [0.5, 0.6) is 0 Å². The molecule has 0 bridgehead atoms. The zero-order valence-corrected chi connectivity index (χ0v) is 13.1. The van der Waals surface area contributed by atoms with Crippen molar-refractivity contribution in [2.75, 3.05) is 0 Å². The Labute approximate surface area is 132 Å². The third-order valence-corrected chi connectivity index (χ3v) is 4.96. The van der Waals surface area contributed by atoms with Crippen molar-refractivity contribution < 1.29 is 14.7 Å². The standard InChI is InChI=1S/C16H16N2O3S/c1-11-14(13-9-6-10-22-13)18(21)16(2,17(11)20)15(19)12-7-4-3-5-8-12/h3-11,20H,1-2H3/t11-,16+/m0/s1. The van der Waals surface area contributed by atoms with Gasteiger partial charge in [-0.25, -0.2) is 0 Å². The summed E-state index contributed by atoms with van der Waals surface area (Å²) >= 11 is 1.41. The van der Waals surface area contributed by atoms with Crippen LogP contribution >= 0.6 is 11.3 Å². The van der Waals surface area contributed by atoms with E-state index in [9.17, 15) is 15.2 Å². The summed E-state index contributed by atoms with van der Waals surface area (Å²) in [4.78, 5) is 13.6. The summed E-state index contributed by atoms with van der Waals surface area (Å²) in [7, 11) is 0. The number of hydroxylamine groups is 3. The van der Waals surface area contributed by atoms with Gasteiger partial charge in [0.05, 0.1) is 4.88 Å². The van der Waals surface area contributed by atoms with Crippen molar-refractivity contribution in [1.29, 1.82) is 0 Å². The SMILES string of the molecule is C[C@H]1C(c2cccs2)=[N+]([O-])[C@](C)(C(=O)c2ccccc2)N1O. The highest BCUT2D eigenvalue weighted by Gasteiger charge is 2.58. The molecule has 3 rings (SSSR count). The van der Waals surface area contributed by atoms with E-state index in [1.807, 2.05) is 17.5 Å². The summed E-state index contributed by atoms with van der Waals surface area (Å²) in [6.45, 7) is 3.16. The third kappa shape index (κ3) is 1.99. The van der Waals surface area contributed by atoms with Gasteiger partial charge < -0.3 is 10.4 Å². The van der Waals surface area contributed by atoms with E-state index in [4.69, 9.17) is 0 Å². The quantitative estimate of drug-likeness (QED) is 0.537. The lowest BCUT2D eigenvalue weighted by Gasteiger charge is -2.27. The first-order valence-electron chi connectivity index (χ1n) is 6.94. The number of benzene rings is 1. The first kappa shape index (κ1) is 14.9. The molecule has 2 atom stereocenters. The molecule has 0 aliphatic carbocycles. The average molecular weight is 316 g/mol. The first-order chi connectivity index (χ1) is 10.5. The van der Waals surface area contributed by atoms with Crippen molar-refractivity contribution in [2.24, 2.45) is 0 Å². The van der Waals surface area contributed by atoms with Gasteiger partial charge in [-0.2, -0.15) is 4.74 Å². The molecule has 0 saturated heterocycles. The molecule has 0 unspecified atom stereocenters. The fourth-order valence-electron chi connectivity index (χ4n) is 2.78. The molecule has 0 radical (unpaired) electrons. The van der Waals surface area contributed by atoms with Gasteiger partial charge in [-0.05, 0) is 18.4 Å². The van der Waals surface area contributed by atoms with Gasteiger partial charge in [-0.15, -0.1) is 16.4 Å². The number of nitrogens with zero attached hydrogens (tertiary/aromatic N) is 2. The molecule has 6 heteroatoms. The fraction of sp³-hybridized carbons (Fsp3) is 0.250. The Kier molecular flexibility index (Phi) is 3.60. The minimum atomic E-state index is -1.67. The number of hydrogen-bond donors (Lipinski definition) is 1. The minimum Gasteiger partial charge on any atom is -0.622 e. The Morgan fingerprint density at radius 3 is 2.59 bits per heavy atom. The van der Waals surface area contributed by atoms with Gasteiger partial charge in [0.15, 0.2) is 0 Å². The van der Waals surface area contributed by atoms with E-state index < -0.39 is 17.5 Å². The van der Waals surface area contributed by atoms with Crippen LogP contribution in [0.2, 0.25) is 0 Å². The van der Waals surface area contributed by atoms with E-state index in [2.05, 4.69) is 0 Å². The minimum absolute atomic E-state index is 0.393. The van der Waals surface area contributed by atoms with E-state index in [1.54, 1.807) is 37.3 Å². The monoisotopic (exact) mass is 316 g/mol. The van der Waals surface area contributed by atoms with E-state index in [1.165, 1.54) is 18.3 Å². The molecule has 2 heterocycles. The van der Waals surface area contributed by atoms with E-state index in [0.717, 1.165) is 9.94 Å². The highest BCUT2D eigenvalue weighted by atomic mass is 32.1. The van der Waals surface area contributed by atoms with Gasteiger partial charge in [0.25, 0.3) is 5.78 Å². The maximum atomic E-state index is 12.8. The molecule has 1 aromatic heterocycles. The van der Waals surface area contributed by atoms with Crippen LogP contribution in [0.15, 0.2) is 47.8 Å². The van der Waals surface area contributed by atoms with Crippen LogP contribution in [0.3, 0.4) is 0 Å². The molecule has 0 fully saturated rings. The summed E-state index contributed by atoms with van der Waals surface area (Å²) in [5.74, 6) is -0.427. The average Bonchev–Trinajstić information content (AvgIpc) is 3.12. The lowest BCUT2D eigenvalue weighted by molar-refractivity contribution is -0.561. The van der Waals surface area contributed by atoms with Crippen LogP contribution in [0, 0.1) is 5.21 Å². The Morgan fingerprint density at radius 2 is 2.00 bits per heavy atom. The second-order valence-corrected chi connectivity index (χ2v) is 6.34. The highest BCUT2D eigenvalue weighted by molar-refractivity contribution is 7.12. The van der Waals surface area contributed by atoms with Gasteiger partial charge in [-0.1, -0.05) is 36.4 Å². The maximum Gasteiger partial charge on any atom is 0.312 e. The van der Waals surface area contributed by atoms with Crippen molar-refractivity contribution in [3.63, 3.8) is 0 Å². The number of carbonyl (C=O) groups is 1. The molecule has 22 heavy (non-hydrogen) atoms. The van der Waals surface area contributed by atoms with Crippen LogP contribution in [-0.4, -0.2) is 38.2 Å². The molecule has 0 saturated carbocycles. The molecule has 5 nitrogen and oxygen atoms in total. The van der Waals surface area contributed by atoms with Crippen molar-refractivity contribution in [3.8, 4) is 0 Å². The van der Waals surface area contributed by atoms with Crippen LogP contribution in [0.25, 0.3) is 0 Å². The van der Waals surface area contributed by atoms with Crippen molar-refractivity contribution in [1.82, 2.24) is 5.06 Å². The maximum absolute atomic E-state index is 12.8. The number of carbonyl (C=O) groups excluding carboxylic acids is 1. The third-order valence-electron chi connectivity index (χ3n) is 4.06. The molecular formula is C16H16N2O3S. The second kappa shape index (κ2) is 5.31. The number of hydrogen-bond acceptors (Lipinski definition) is 5. The largest absolute Gasteiger partial charge is 0.622 e. The Hall–Kier alpha value is -2.02. The van der Waals surface area contributed by atoms with Gasteiger partial charge in [0.1, 0.15) is 6.04 Å². The van der Waals surface area contributed by atoms with Crippen LogP contribution < -0.4 is 0 Å². The highest BCUT2D eigenvalue weighted by Crippen LogP contribution is 2.32. The predicted octanol–water partition coefficient (Wildman–Crippen LogP) is 2.74. The number of rotatable bonds is 3. The van der Waals surface area contributed by atoms with Gasteiger partial charge in [0.2, 0.25) is 5.71 Å². The summed E-state index contributed by atoms with van der Waals surface area (Å²) in [6.07, 6.45) is 0. The summed E-state index contributed by atoms with van der Waals surface area (Å²) in [5.41, 5.74) is -0.867. The summed E-state index contributed by atoms with van der Waals surface area (Å²) in [6, 6.07) is 11.6. The van der Waals surface area contributed by atoms with Crippen LogP contribution in [-0.2, 0) is 0 Å². The topological polar surface area (TPSA) is 66.6 Å². The van der Waals surface area contributed by atoms with Gasteiger partial charge in [0, 0.05) is 12.5 Å². The van der Waals surface area contributed by atoms with Crippen molar-refractivity contribution in [3.05, 3.63) is 63.5 Å². The number of ketones is 1. The van der Waals surface area contributed by atoms with E-state index in [0.29, 0.717) is 16.0 Å². The fourth-order valence-corrected chi connectivity index (χ4v) is 3.61. The van der Waals surface area contributed by atoms with Gasteiger partial charge in [-0.3, -0.25) is 4.79 Å². The van der Waals surface area contributed by atoms with E-state index in [-0.39, 0.29) is 0 Å². The zero-order valence-electron chi connectivity index (χ0n) is 12.3. The zero-order chi connectivity index (χ0) is 15.9. The van der Waals surface area contributed by atoms with E-state index >= 15 is 0 Å². The molecule has 1 aliphatic heterocycles. The molecule has 1 aromatic carbocycles. The molecule has 114 valence electrons. The molecule has 0 spiro atoms. The van der Waals surface area contributed by atoms with Crippen LogP contribution in [0.1, 0.15) is 29.1 Å². The smallest absolute Gasteiger partial charge is 0.312 e. The van der Waals surface area contributed by atoms with Crippen molar-refractivity contribution >= 4 is 22.8 Å². The Bertz CT molecular complexity index is 727. The Balaban J connectivity index is 2.11. The summed E-state index contributed by atoms with van der Waals surface area (Å²) < 4.78 is 0.638. The predicted molar refractivity (Wildman–Crippen MR) is 84.3 cm³/mol. The number of Topliss-reactive ketones (excluding diaryl/α,β-unsaturated/α-hetero) is 1. The normalized spacial score (nSPS) is 25.7.